The molecule has 30 heavy (non-hydrogen) atoms. The maximum atomic E-state index is 13.3. The summed E-state index contributed by atoms with van der Waals surface area (Å²) in [6, 6.07) is 18.6. The van der Waals surface area contributed by atoms with Crippen LogP contribution >= 0.6 is 12.2 Å². The maximum Gasteiger partial charge on any atom is 0.270 e. The first-order valence-electron chi connectivity index (χ1n) is 9.29. The monoisotopic (exact) mass is 417 g/mol. The molecule has 2 aromatic carbocycles. The number of amides is 2. The van der Waals surface area contributed by atoms with Gasteiger partial charge in [0.05, 0.1) is 12.8 Å². The highest BCUT2D eigenvalue weighted by Gasteiger charge is 2.36. The van der Waals surface area contributed by atoms with Crippen LogP contribution in [0.1, 0.15) is 11.3 Å². The van der Waals surface area contributed by atoms with Crippen LogP contribution in [0.15, 0.2) is 72.4 Å². The van der Waals surface area contributed by atoms with Gasteiger partial charge >= 0.3 is 0 Å². The van der Waals surface area contributed by atoms with Gasteiger partial charge in [-0.1, -0.05) is 30.3 Å². The van der Waals surface area contributed by atoms with Gasteiger partial charge in [-0.05, 0) is 61.1 Å². The van der Waals surface area contributed by atoms with Gasteiger partial charge in [-0.15, -0.1) is 0 Å². The lowest BCUT2D eigenvalue weighted by Crippen LogP contribution is -2.54. The van der Waals surface area contributed by atoms with Gasteiger partial charge in [0.1, 0.15) is 11.3 Å². The molecule has 4 rings (SSSR count). The number of carbonyl (C=O) groups is 2. The molecule has 150 valence electrons. The predicted molar refractivity (Wildman–Crippen MR) is 120 cm³/mol. The van der Waals surface area contributed by atoms with Crippen LogP contribution in [0.25, 0.3) is 11.8 Å². The van der Waals surface area contributed by atoms with E-state index in [1.165, 1.54) is 12.0 Å². The zero-order valence-corrected chi connectivity index (χ0v) is 17.3. The van der Waals surface area contributed by atoms with E-state index < -0.39 is 11.8 Å². The Bertz CT molecular complexity index is 1200. The van der Waals surface area contributed by atoms with Crippen LogP contribution in [-0.4, -0.2) is 28.6 Å². The van der Waals surface area contributed by atoms with E-state index in [0.717, 1.165) is 11.3 Å². The van der Waals surface area contributed by atoms with E-state index in [9.17, 15) is 9.59 Å². The standard InChI is InChI=1S/C23H19N3O3S/c1-15-8-3-4-10-18(15)25-13-7-9-16(25)14-17-21(27)24-23(30)26(22(17)28)19-11-5-6-12-20(19)29-2/h3-14H,1-2H3,(H,24,27,30)/b17-14+. The number of nitrogens with one attached hydrogen (secondary N) is 1. The Labute approximate surface area is 179 Å². The Kier molecular flexibility index (Phi) is 5.20. The number of thiocarbonyl (C=S) groups is 1. The normalized spacial score (nSPS) is 15.5. The molecule has 2 amide bonds. The van der Waals surface area contributed by atoms with Crippen molar-refractivity contribution in [3.63, 3.8) is 0 Å². The number of aromatic nitrogens is 1. The SMILES string of the molecule is COc1ccccc1N1C(=O)/C(=C/c2cccn2-c2ccccc2C)C(=O)NC1=S. The molecule has 0 unspecified atom stereocenters. The van der Waals surface area contributed by atoms with Crippen molar-refractivity contribution < 1.29 is 14.3 Å². The van der Waals surface area contributed by atoms with Gasteiger partial charge in [-0.25, -0.2) is 4.90 Å². The molecule has 1 aliphatic heterocycles. The second-order valence-electron chi connectivity index (χ2n) is 6.72. The first-order chi connectivity index (χ1) is 14.5. The number of hydrogen-bond acceptors (Lipinski definition) is 4. The average molecular weight is 417 g/mol. The second kappa shape index (κ2) is 7.96. The first kappa shape index (κ1) is 19.6. The minimum atomic E-state index is -0.534. The number of carbonyl (C=O) groups excluding carboxylic acids is 2. The number of nitrogens with zero attached hydrogens (tertiary/aromatic N) is 2. The van der Waals surface area contributed by atoms with Gasteiger partial charge in [0, 0.05) is 17.6 Å². The van der Waals surface area contributed by atoms with E-state index in [1.54, 1.807) is 30.3 Å². The summed E-state index contributed by atoms with van der Waals surface area (Å²) in [6.45, 7) is 2.01. The summed E-state index contributed by atoms with van der Waals surface area (Å²) >= 11 is 5.28. The maximum absolute atomic E-state index is 13.3. The molecular formula is C23H19N3O3S. The number of rotatable bonds is 4. The quantitative estimate of drug-likeness (QED) is 0.400. The Morgan fingerprint density at radius 1 is 0.967 bits per heavy atom. The van der Waals surface area contributed by atoms with E-state index in [0.29, 0.717) is 17.1 Å². The van der Waals surface area contributed by atoms with Crippen LogP contribution in [-0.2, 0) is 9.59 Å². The lowest BCUT2D eigenvalue weighted by Gasteiger charge is -2.29. The minimum absolute atomic E-state index is 0.0111. The number of para-hydroxylation sites is 3. The van der Waals surface area contributed by atoms with E-state index in [2.05, 4.69) is 5.32 Å². The van der Waals surface area contributed by atoms with Crippen LogP contribution in [0.3, 0.4) is 0 Å². The number of benzene rings is 2. The van der Waals surface area contributed by atoms with Crippen molar-refractivity contribution in [2.75, 3.05) is 12.0 Å². The molecule has 0 saturated carbocycles. The van der Waals surface area contributed by atoms with Crippen molar-refractivity contribution in [3.8, 4) is 11.4 Å². The first-order valence-corrected chi connectivity index (χ1v) is 9.70. The van der Waals surface area contributed by atoms with Crippen LogP contribution in [0, 0.1) is 6.92 Å². The molecule has 7 heteroatoms. The molecular weight excluding hydrogens is 398 g/mol. The number of methoxy groups -OCH3 is 1. The third-order valence-electron chi connectivity index (χ3n) is 4.88. The van der Waals surface area contributed by atoms with Crippen molar-refractivity contribution in [3.05, 3.63) is 83.7 Å². The molecule has 0 atom stereocenters. The number of anilines is 1. The summed E-state index contributed by atoms with van der Waals surface area (Å²) in [6.07, 6.45) is 3.47. The fraction of sp³-hybridized carbons (Fsp3) is 0.0870. The van der Waals surface area contributed by atoms with Crippen LogP contribution in [0.2, 0.25) is 0 Å². The summed E-state index contributed by atoms with van der Waals surface area (Å²) in [5, 5.41) is 2.62. The molecule has 0 radical (unpaired) electrons. The number of hydrogen-bond donors (Lipinski definition) is 1. The molecule has 1 aromatic heterocycles. The summed E-state index contributed by atoms with van der Waals surface area (Å²) in [5.74, 6) is -0.563. The predicted octanol–water partition coefficient (Wildman–Crippen LogP) is 3.63. The van der Waals surface area contributed by atoms with Crippen molar-refractivity contribution in [2.24, 2.45) is 0 Å². The van der Waals surface area contributed by atoms with Crippen molar-refractivity contribution in [1.29, 1.82) is 0 Å². The van der Waals surface area contributed by atoms with Gasteiger partial charge in [0.25, 0.3) is 11.8 Å². The molecule has 0 aliphatic carbocycles. The van der Waals surface area contributed by atoms with Crippen LogP contribution in [0.4, 0.5) is 5.69 Å². The third kappa shape index (κ3) is 3.40. The smallest absolute Gasteiger partial charge is 0.270 e. The Morgan fingerprint density at radius 2 is 1.67 bits per heavy atom. The molecule has 1 fully saturated rings. The topological polar surface area (TPSA) is 63.6 Å². The minimum Gasteiger partial charge on any atom is -0.495 e. The highest BCUT2D eigenvalue weighted by atomic mass is 32.1. The summed E-state index contributed by atoms with van der Waals surface area (Å²) < 4.78 is 7.30. The Morgan fingerprint density at radius 3 is 2.40 bits per heavy atom. The van der Waals surface area contributed by atoms with Crippen LogP contribution in [0.5, 0.6) is 5.75 Å². The van der Waals surface area contributed by atoms with Gasteiger partial charge in [-0.2, -0.15) is 0 Å². The molecule has 6 nitrogen and oxygen atoms in total. The molecule has 3 aromatic rings. The van der Waals surface area contributed by atoms with Gasteiger partial charge in [0.15, 0.2) is 5.11 Å². The largest absolute Gasteiger partial charge is 0.495 e. The zero-order chi connectivity index (χ0) is 21.3. The highest BCUT2D eigenvalue weighted by molar-refractivity contribution is 7.80. The molecule has 2 heterocycles. The van der Waals surface area contributed by atoms with Gasteiger partial charge < -0.3 is 9.30 Å². The van der Waals surface area contributed by atoms with E-state index in [-0.39, 0.29) is 10.7 Å². The number of ether oxygens (including phenoxy) is 1. The average Bonchev–Trinajstić information content (AvgIpc) is 3.19. The van der Waals surface area contributed by atoms with Crippen molar-refractivity contribution in [2.45, 2.75) is 6.92 Å². The third-order valence-corrected chi connectivity index (χ3v) is 5.16. The Balaban J connectivity index is 1.78. The highest BCUT2D eigenvalue weighted by Crippen LogP contribution is 2.31. The van der Waals surface area contributed by atoms with Gasteiger partial charge in [-0.3, -0.25) is 14.9 Å². The van der Waals surface area contributed by atoms with Crippen molar-refractivity contribution >= 4 is 40.9 Å². The summed E-state index contributed by atoms with van der Waals surface area (Å²) in [5.41, 5.74) is 3.20. The summed E-state index contributed by atoms with van der Waals surface area (Å²) in [7, 11) is 1.51. The summed E-state index contributed by atoms with van der Waals surface area (Å²) in [4.78, 5) is 27.2. The van der Waals surface area contributed by atoms with Gasteiger partial charge in [0.2, 0.25) is 0 Å². The van der Waals surface area contributed by atoms with Crippen molar-refractivity contribution in [1.82, 2.24) is 9.88 Å². The van der Waals surface area contributed by atoms with E-state index >= 15 is 0 Å². The second-order valence-corrected chi connectivity index (χ2v) is 7.11. The molecule has 1 aliphatic rings. The molecule has 1 saturated heterocycles. The lowest BCUT2D eigenvalue weighted by molar-refractivity contribution is -0.122. The lowest BCUT2D eigenvalue weighted by atomic mass is 10.1. The van der Waals surface area contributed by atoms with E-state index in [4.69, 9.17) is 17.0 Å². The molecule has 0 bridgehead atoms. The Hall–Kier alpha value is -3.71. The van der Waals surface area contributed by atoms with E-state index in [1.807, 2.05) is 54.1 Å². The fourth-order valence-electron chi connectivity index (χ4n) is 3.40. The van der Waals surface area contributed by atoms with Crippen LogP contribution < -0.4 is 15.0 Å². The molecule has 0 spiro atoms. The fourth-order valence-corrected chi connectivity index (χ4v) is 3.68. The number of aryl methyl sites for hydroxylation is 1. The molecule has 1 N–H and O–H groups in total. The zero-order valence-electron chi connectivity index (χ0n) is 16.5.